The minimum atomic E-state index is 0.648. The number of aryl methyl sites for hydroxylation is 1. The zero-order valence-corrected chi connectivity index (χ0v) is 14.2. The Hall–Kier alpha value is -1.53. The molecule has 3 saturated heterocycles. The van der Waals surface area contributed by atoms with Crippen molar-refractivity contribution >= 4 is 17.2 Å². The topological polar surface area (TPSA) is 45.2 Å². The molecule has 5 nitrogen and oxygen atoms in total. The van der Waals surface area contributed by atoms with Crippen molar-refractivity contribution in [1.29, 1.82) is 0 Å². The Morgan fingerprint density at radius 3 is 2.78 bits per heavy atom. The molecule has 0 spiro atoms. The first-order chi connectivity index (χ1) is 11.3. The molecule has 23 heavy (non-hydrogen) atoms. The van der Waals surface area contributed by atoms with E-state index in [2.05, 4.69) is 31.2 Å². The molecule has 4 fully saturated rings. The summed E-state index contributed by atoms with van der Waals surface area (Å²) in [5.74, 6) is 1.86. The van der Waals surface area contributed by atoms with Crippen molar-refractivity contribution in [2.24, 2.45) is 0 Å². The fourth-order valence-electron chi connectivity index (χ4n) is 3.85. The molecule has 0 amide bonds. The number of hydrogen-bond acceptors (Lipinski definition) is 6. The van der Waals surface area contributed by atoms with E-state index in [0.29, 0.717) is 12.1 Å². The lowest BCUT2D eigenvalue weighted by molar-refractivity contribution is -0.00958. The van der Waals surface area contributed by atoms with Crippen molar-refractivity contribution in [3.8, 4) is 0 Å². The number of rotatable bonds is 4. The van der Waals surface area contributed by atoms with Gasteiger partial charge in [-0.3, -0.25) is 4.90 Å². The van der Waals surface area contributed by atoms with Crippen molar-refractivity contribution in [1.82, 2.24) is 19.9 Å². The fourth-order valence-corrected chi connectivity index (χ4v) is 4.83. The van der Waals surface area contributed by atoms with Crippen LogP contribution < -0.4 is 4.90 Å². The number of fused-ring (bicyclic) bond motifs is 2. The fraction of sp³-hybridized carbons (Fsp3) is 0.588. The third-order valence-electron chi connectivity index (χ3n) is 5.30. The van der Waals surface area contributed by atoms with Gasteiger partial charge in [0.2, 0.25) is 0 Å². The second-order valence-electron chi connectivity index (χ2n) is 7.09. The largest absolute Gasteiger partial charge is 0.353 e. The van der Waals surface area contributed by atoms with Crippen molar-refractivity contribution < 1.29 is 0 Å². The van der Waals surface area contributed by atoms with E-state index in [-0.39, 0.29) is 0 Å². The Morgan fingerprint density at radius 2 is 2.04 bits per heavy atom. The second-order valence-corrected chi connectivity index (χ2v) is 7.98. The van der Waals surface area contributed by atoms with Crippen LogP contribution in [0.1, 0.15) is 41.6 Å². The number of piperidine rings is 1. The van der Waals surface area contributed by atoms with Gasteiger partial charge in [0.05, 0.1) is 10.7 Å². The minimum Gasteiger partial charge on any atom is -0.353 e. The molecule has 3 aliphatic heterocycles. The van der Waals surface area contributed by atoms with Crippen LogP contribution in [0, 0.1) is 6.92 Å². The molecule has 2 bridgehead atoms. The SMILES string of the molecule is Cc1cc(N2CC3CC(C2)N3Cc2csc(C3CC3)n2)ncn1. The Morgan fingerprint density at radius 1 is 1.22 bits per heavy atom. The van der Waals surface area contributed by atoms with E-state index in [1.807, 2.05) is 18.3 Å². The predicted molar refractivity (Wildman–Crippen MR) is 90.8 cm³/mol. The van der Waals surface area contributed by atoms with E-state index in [1.165, 1.54) is 30.0 Å². The molecule has 1 saturated carbocycles. The maximum absolute atomic E-state index is 4.85. The summed E-state index contributed by atoms with van der Waals surface area (Å²) >= 11 is 1.86. The van der Waals surface area contributed by atoms with Gasteiger partial charge in [0.25, 0.3) is 0 Å². The molecular formula is C17H21N5S. The third-order valence-corrected chi connectivity index (χ3v) is 6.35. The molecule has 4 aliphatic rings. The maximum Gasteiger partial charge on any atom is 0.132 e. The smallest absolute Gasteiger partial charge is 0.132 e. The van der Waals surface area contributed by atoms with Gasteiger partial charge in [0.15, 0.2) is 0 Å². The second kappa shape index (κ2) is 5.24. The van der Waals surface area contributed by atoms with Crippen LogP contribution in [0.2, 0.25) is 0 Å². The summed E-state index contributed by atoms with van der Waals surface area (Å²) in [6.07, 6.45) is 5.68. The number of anilines is 1. The van der Waals surface area contributed by atoms with Crippen LogP contribution in [-0.2, 0) is 6.54 Å². The van der Waals surface area contributed by atoms with E-state index in [1.54, 1.807) is 6.33 Å². The van der Waals surface area contributed by atoms with Crippen LogP contribution in [-0.4, -0.2) is 45.0 Å². The first-order valence-electron chi connectivity index (χ1n) is 8.50. The third kappa shape index (κ3) is 2.54. The lowest BCUT2D eigenvalue weighted by Gasteiger charge is -2.56. The quantitative estimate of drug-likeness (QED) is 0.864. The Balaban J connectivity index is 1.25. The van der Waals surface area contributed by atoms with Gasteiger partial charge in [-0.15, -0.1) is 11.3 Å². The van der Waals surface area contributed by atoms with Gasteiger partial charge in [0, 0.05) is 54.8 Å². The highest BCUT2D eigenvalue weighted by Crippen LogP contribution is 2.42. The maximum atomic E-state index is 4.85. The molecular weight excluding hydrogens is 306 g/mol. The standard InChI is InChI=1S/C17H21N5S/c1-11-4-16(19-10-18-11)21-7-14-5-15(8-21)22(14)6-13-9-23-17(20-13)12-2-3-12/h4,9-10,12,14-15H,2-3,5-8H2,1H3. The van der Waals surface area contributed by atoms with Crippen LogP contribution in [0.4, 0.5) is 5.82 Å². The van der Waals surface area contributed by atoms with Gasteiger partial charge in [-0.05, 0) is 26.2 Å². The van der Waals surface area contributed by atoms with Crippen LogP contribution in [0.15, 0.2) is 17.8 Å². The van der Waals surface area contributed by atoms with Crippen molar-refractivity contribution in [2.75, 3.05) is 18.0 Å². The number of piperazine rings is 1. The molecule has 1 aliphatic carbocycles. The van der Waals surface area contributed by atoms with E-state index >= 15 is 0 Å². The zero-order chi connectivity index (χ0) is 15.4. The van der Waals surface area contributed by atoms with Gasteiger partial charge < -0.3 is 4.90 Å². The first-order valence-corrected chi connectivity index (χ1v) is 9.38. The molecule has 2 unspecified atom stereocenters. The normalized spacial score (nSPS) is 27.1. The highest BCUT2D eigenvalue weighted by molar-refractivity contribution is 7.09. The van der Waals surface area contributed by atoms with Crippen LogP contribution in [0.3, 0.4) is 0 Å². The van der Waals surface area contributed by atoms with Gasteiger partial charge in [-0.25, -0.2) is 15.0 Å². The molecule has 2 aromatic heterocycles. The van der Waals surface area contributed by atoms with Crippen LogP contribution >= 0.6 is 11.3 Å². The van der Waals surface area contributed by atoms with Crippen molar-refractivity contribution in [3.63, 3.8) is 0 Å². The monoisotopic (exact) mass is 327 g/mol. The van der Waals surface area contributed by atoms with E-state index < -0.39 is 0 Å². The van der Waals surface area contributed by atoms with Crippen LogP contribution in [0.25, 0.3) is 0 Å². The molecule has 0 aromatic carbocycles. The average molecular weight is 327 g/mol. The summed E-state index contributed by atoms with van der Waals surface area (Å²) in [5, 5.41) is 3.64. The summed E-state index contributed by atoms with van der Waals surface area (Å²) < 4.78 is 0. The summed E-state index contributed by atoms with van der Waals surface area (Å²) in [5.41, 5.74) is 2.32. The lowest BCUT2D eigenvalue weighted by atomic mass is 9.87. The molecule has 120 valence electrons. The van der Waals surface area contributed by atoms with Crippen molar-refractivity contribution in [2.45, 2.75) is 50.7 Å². The highest BCUT2D eigenvalue weighted by Gasteiger charge is 2.45. The summed E-state index contributed by atoms with van der Waals surface area (Å²) in [6.45, 7) is 5.20. The summed E-state index contributed by atoms with van der Waals surface area (Å²) in [6, 6.07) is 3.39. The van der Waals surface area contributed by atoms with Crippen LogP contribution in [0.5, 0.6) is 0 Å². The molecule has 5 heterocycles. The average Bonchev–Trinajstić information content (AvgIpc) is 3.31. The Kier molecular flexibility index (Phi) is 3.16. The van der Waals surface area contributed by atoms with Gasteiger partial charge >= 0.3 is 0 Å². The van der Waals surface area contributed by atoms with E-state index in [0.717, 1.165) is 37.1 Å². The Labute approximate surface area is 140 Å². The number of aromatic nitrogens is 3. The summed E-state index contributed by atoms with van der Waals surface area (Å²) in [7, 11) is 0. The van der Waals surface area contributed by atoms with E-state index in [9.17, 15) is 0 Å². The number of thiazole rings is 1. The molecule has 0 N–H and O–H groups in total. The lowest BCUT2D eigenvalue weighted by Crippen LogP contribution is -2.68. The van der Waals surface area contributed by atoms with Crippen molar-refractivity contribution in [3.05, 3.63) is 34.2 Å². The highest BCUT2D eigenvalue weighted by atomic mass is 32.1. The predicted octanol–water partition coefficient (Wildman–Crippen LogP) is 2.58. The minimum absolute atomic E-state index is 0.648. The summed E-state index contributed by atoms with van der Waals surface area (Å²) in [4.78, 5) is 18.5. The van der Waals surface area contributed by atoms with Gasteiger partial charge in [-0.2, -0.15) is 0 Å². The molecule has 2 aromatic rings. The van der Waals surface area contributed by atoms with Gasteiger partial charge in [0.1, 0.15) is 12.1 Å². The molecule has 6 heteroatoms. The number of hydrogen-bond donors (Lipinski definition) is 0. The molecule has 6 rings (SSSR count). The first kappa shape index (κ1) is 13.9. The van der Waals surface area contributed by atoms with E-state index in [4.69, 9.17) is 4.98 Å². The molecule has 2 atom stereocenters. The van der Waals surface area contributed by atoms with Gasteiger partial charge in [-0.1, -0.05) is 0 Å². The zero-order valence-electron chi connectivity index (χ0n) is 13.4. The number of nitrogens with zero attached hydrogens (tertiary/aromatic N) is 5. The Bertz CT molecular complexity index is 713. The molecule has 0 radical (unpaired) electrons.